The van der Waals surface area contributed by atoms with Crippen molar-refractivity contribution in [2.24, 2.45) is 5.92 Å². The molecule has 2 rings (SSSR count). The van der Waals surface area contributed by atoms with Crippen LogP contribution in [0.5, 0.6) is 28.7 Å². The largest absolute Gasteiger partial charge is 0.486 e. The quantitative estimate of drug-likeness (QED) is 0.0484. The number of carboxylic acids is 2. The van der Waals surface area contributed by atoms with Crippen LogP contribution in [-0.2, 0) is 177 Å². The molecule has 0 aliphatic carbocycles. The van der Waals surface area contributed by atoms with Gasteiger partial charge in [0.2, 0.25) is 5.75 Å². The molecule has 45 heteroatoms. The van der Waals surface area contributed by atoms with Gasteiger partial charge in [-0.3, -0.25) is 19.2 Å². The smallest absolute Gasteiger partial charge is 0.317 e. The zero-order valence-electron chi connectivity index (χ0n) is 83.1. The van der Waals surface area contributed by atoms with E-state index in [1.165, 1.54) is 12.1 Å². The van der Waals surface area contributed by atoms with Gasteiger partial charge in [0.15, 0.2) is 17.4 Å². The molecular weight excluding hydrogens is 1830 g/mol. The number of rotatable bonds is 111. The molecule has 3 N–H and O–H groups in total. The molecule has 138 heavy (non-hydrogen) atoms. The fraction of sp³-hybridized carbons (Fsp3) is 0.828. The second-order valence-corrected chi connectivity index (χ2v) is 29.5. The number of methoxy groups -OCH3 is 8. The molecule has 0 heterocycles. The molecule has 0 aliphatic heterocycles. The lowest BCUT2D eigenvalue weighted by Crippen LogP contribution is -2.32. The summed E-state index contributed by atoms with van der Waals surface area (Å²) in [6.45, 7) is 15.0. The number of amides is 1. The predicted molar refractivity (Wildman–Crippen MR) is 495 cm³/mol. The average Bonchev–Trinajstić information content (AvgIpc) is 0.802. The van der Waals surface area contributed by atoms with E-state index < -0.39 is 67.0 Å². The van der Waals surface area contributed by atoms with Crippen molar-refractivity contribution in [1.82, 2.24) is 5.32 Å². The van der Waals surface area contributed by atoms with Gasteiger partial charge in [-0.2, -0.15) is 0 Å². The van der Waals surface area contributed by atoms with E-state index in [1.54, 1.807) is 62.9 Å². The van der Waals surface area contributed by atoms with Gasteiger partial charge in [-0.15, -0.1) is 0 Å². The van der Waals surface area contributed by atoms with Crippen LogP contribution in [0.25, 0.3) is 0 Å². The first kappa shape index (κ1) is 128. The van der Waals surface area contributed by atoms with Crippen molar-refractivity contribution in [3.63, 3.8) is 0 Å². The molecule has 0 bridgehead atoms. The zero-order chi connectivity index (χ0) is 99.6. The van der Waals surface area contributed by atoms with Crippen molar-refractivity contribution in [2.45, 2.75) is 56.5 Å². The Kier molecular flexibility index (Phi) is 91.4. The number of carboxylic acid groups (broad SMARTS) is 2. The predicted octanol–water partition coefficient (Wildman–Crippen LogP) is 3.49. The van der Waals surface area contributed by atoms with E-state index in [2.05, 4.69) is 5.32 Å². The van der Waals surface area contributed by atoms with Crippen LogP contribution in [0.3, 0.4) is 0 Å². The third kappa shape index (κ3) is 78.5. The lowest BCUT2D eigenvalue weighted by molar-refractivity contribution is -0.155. The van der Waals surface area contributed by atoms with Crippen LogP contribution in [0.4, 0.5) is 0 Å². The molecule has 0 saturated carbocycles. The van der Waals surface area contributed by atoms with Gasteiger partial charge in [0, 0.05) is 87.9 Å². The van der Waals surface area contributed by atoms with E-state index in [9.17, 15) is 24.6 Å². The van der Waals surface area contributed by atoms with E-state index in [0.29, 0.717) is 209 Å². The van der Waals surface area contributed by atoms with Crippen LogP contribution in [0.1, 0.15) is 41.6 Å². The third-order valence-electron chi connectivity index (χ3n) is 18.2. The van der Waals surface area contributed by atoms with Gasteiger partial charge in [-0.1, -0.05) is 0 Å². The van der Waals surface area contributed by atoms with Gasteiger partial charge in [0.1, 0.15) is 35.9 Å². The van der Waals surface area contributed by atoms with Gasteiger partial charge in [-0.25, -0.2) is 0 Å². The first-order chi connectivity index (χ1) is 67.9. The van der Waals surface area contributed by atoms with Gasteiger partial charge >= 0.3 is 17.9 Å². The minimum Gasteiger partial charge on any atom is -0.486 e. The van der Waals surface area contributed by atoms with E-state index in [-0.39, 0.29) is 234 Å². The topological polar surface area (TPSA) is 472 Å². The van der Waals surface area contributed by atoms with Crippen LogP contribution in [0.2, 0.25) is 0 Å². The molecule has 1 amide bonds. The normalized spacial score (nSPS) is 11.7. The van der Waals surface area contributed by atoms with Crippen LogP contribution in [0.15, 0.2) is 30.3 Å². The van der Waals surface area contributed by atoms with Crippen LogP contribution in [-0.4, -0.2) is 505 Å². The number of hydrogen-bond donors (Lipinski definition) is 3. The van der Waals surface area contributed by atoms with Crippen molar-refractivity contribution in [2.75, 3.05) is 447 Å². The molecule has 0 aromatic heterocycles. The number of nitrogens with one attached hydrogen (secondary N) is 1. The summed E-state index contributed by atoms with van der Waals surface area (Å²) in [5.41, 5.74) is 0.786. The maximum atomic E-state index is 15.3. The molecule has 0 saturated heterocycles. The minimum absolute atomic E-state index is 0.0223. The summed E-state index contributed by atoms with van der Waals surface area (Å²) in [6.07, 6.45) is -3.52. The van der Waals surface area contributed by atoms with Crippen molar-refractivity contribution >= 4 is 23.8 Å². The fourth-order valence-corrected chi connectivity index (χ4v) is 11.2. The summed E-state index contributed by atoms with van der Waals surface area (Å²) in [7, 11) is 12.8. The highest BCUT2D eigenvalue weighted by atomic mass is 16.6. The summed E-state index contributed by atoms with van der Waals surface area (Å²) in [5, 5.41) is 22.1. The Labute approximate surface area is 814 Å². The summed E-state index contributed by atoms with van der Waals surface area (Å²) < 4.78 is 221. The van der Waals surface area contributed by atoms with Gasteiger partial charge in [0.25, 0.3) is 5.91 Å². The number of hydrogen-bond acceptors (Lipinski definition) is 42. The van der Waals surface area contributed by atoms with Crippen LogP contribution < -0.4 is 29.0 Å². The third-order valence-corrected chi connectivity index (χ3v) is 18.2. The molecular formula is C93H165NO44. The number of aryl methyl sites for hydroxylation is 1. The molecule has 0 fully saturated rings. The standard InChI is InChI=1S/C93H165NO44/c1-101-17-25-109-33-41-117-49-57-125-70-82(71-126-58-50-118-42-34-110-26-18-102-2)135-80-65-78(66-81(69-80)136-83(72-127-59-51-119-43-35-111-27-19-103-3)73-128-60-52-120-44-36-112-28-20-104-4)11-9-14-94-91(96)79-67-87(137-84(74-129-61-53-121-45-37-113-29-21-105-5)75-130-62-54-122-46-38-114-30-22-106-6)90(134-16-10-15-133-89(95)13-12-86(92(97)98)93(99)100)88(68-79)138-85(76-131-63-55-123-47-39-115-31-23-107-7)77-132-64-56-124-48-40-116-32-24-108-8/h65-69,82-86H,9-64,70-77H2,1-8H3,(H,94,96)(H,97,98)(H,99,100). The van der Waals surface area contributed by atoms with Crippen molar-refractivity contribution in [3.05, 3.63) is 41.5 Å². The fourth-order valence-electron chi connectivity index (χ4n) is 11.2. The molecule has 806 valence electrons. The SMILES string of the molecule is COCCOCCOCCOCC(COCCOCCOCCOC)Oc1cc(CCCNC(=O)c2cc(OC(COCCOCCOCCOC)COCCOCCOCCOC)c(OCCCOC(=O)CCC(C(=O)O)C(=O)O)c(OC(COCCOCCOCCOC)COCCOCCOCCOC)c2)cc(OC(COCCOCCOCCOC)COCCOCCOCCOC)c1. The Balaban J connectivity index is 2.96. The first-order valence-corrected chi connectivity index (χ1v) is 47.1. The van der Waals surface area contributed by atoms with Gasteiger partial charge < -0.3 is 196 Å². The molecule has 0 spiro atoms. The second-order valence-electron chi connectivity index (χ2n) is 29.5. The number of carbonyl (C=O) groups excluding carboxylic acids is 2. The van der Waals surface area contributed by atoms with E-state index >= 15 is 4.79 Å². The van der Waals surface area contributed by atoms with E-state index in [4.69, 9.17) is 180 Å². The molecule has 0 aliphatic rings. The highest BCUT2D eigenvalue weighted by Gasteiger charge is 2.29. The van der Waals surface area contributed by atoms with Crippen LogP contribution >= 0.6 is 0 Å². The van der Waals surface area contributed by atoms with Gasteiger partial charge in [-0.05, 0) is 49.1 Å². The molecule has 0 atom stereocenters. The number of benzene rings is 2. The number of aliphatic carboxylic acids is 2. The minimum atomic E-state index is -1.83. The van der Waals surface area contributed by atoms with Crippen LogP contribution in [0, 0.1) is 5.92 Å². The Morgan fingerprint density at radius 2 is 0.500 bits per heavy atom. The Morgan fingerprint density at radius 1 is 0.268 bits per heavy atom. The lowest BCUT2D eigenvalue weighted by Gasteiger charge is -2.25. The Morgan fingerprint density at radius 3 is 0.739 bits per heavy atom. The first-order valence-electron chi connectivity index (χ1n) is 47.1. The summed E-state index contributed by atoms with van der Waals surface area (Å²) in [4.78, 5) is 51.7. The monoisotopic (exact) mass is 2000 g/mol. The van der Waals surface area contributed by atoms with Crippen molar-refractivity contribution < 1.29 is 209 Å². The maximum Gasteiger partial charge on any atom is 0.317 e. The Hall–Kier alpha value is -5.96. The second kappa shape index (κ2) is 98.4. The van der Waals surface area contributed by atoms with E-state index in [1.807, 2.05) is 12.1 Å². The van der Waals surface area contributed by atoms with Crippen molar-refractivity contribution in [1.29, 1.82) is 0 Å². The highest BCUT2D eigenvalue weighted by molar-refractivity contribution is 5.95. The van der Waals surface area contributed by atoms with Crippen molar-refractivity contribution in [3.8, 4) is 28.7 Å². The lowest BCUT2D eigenvalue weighted by atomic mass is 10.0. The average molecular weight is 2000 g/mol. The Bertz CT molecular complexity index is 2780. The summed E-state index contributed by atoms with van der Waals surface area (Å²) in [5.74, 6) is -5.70. The summed E-state index contributed by atoms with van der Waals surface area (Å²) in [6, 6.07) is 8.49. The molecule has 45 nitrogen and oxygen atoms in total. The molecule has 0 unspecified atom stereocenters. The zero-order valence-corrected chi connectivity index (χ0v) is 83.1. The molecule has 0 radical (unpaired) electrons. The highest BCUT2D eigenvalue weighted by Crippen LogP contribution is 2.41. The summed E-state index contributed by atoms with van der Waals surface area (Å²) >= 11 is 0. The molecule has 2 aromatic rings. The van der Waals surface area contributed by atoms with E-state index in [0.717, 1.165) is 5.56 Å². The number of esters is 1. The maximum absolute atomic E-state index is 15.3. The molecule has 2 aromatic carbocycles. The van der Waals surface area contributed by atoms with Gasteiger partial charge in [0.05, 0.1) is 383 Å². The number of carbonyl (C=O) groups is 4. The number of ether oxygens (including phenoxy) is 38.